The predicted octanol–water partition coefficient (Wildman–Crippen LogP) is 2.81. The van der Waals surface area contributed by atoms with Crippen molar-refractivity contribution in [1.29, 1.82) is 0 Å². The number of hydrogen-bond donors (Lipinski definition) is 2. The number of nitrogens with zero attached hydrogens (tertiary/aromatic N) is 2. The zero-order valence-electron chi connectivity index (χ0n) is 9.16. The highest BCUT2D eigenvalue weighted by atomic mass is 35.5. The second-order valence-electron chi connectivity index (χ2n) is 3.08. The Labute approximate surface area is 105 Å². The van der Waals surface area contributed by atoms with Gasteiger partial charge in [0.15, 0.2) is 16.1 Å². The molecule has 0 bridgehead atoms. The summed E-state index contributed by atoms with van der Waals surface area (Å²) in [5.74, 6) is 1.53. The molecule has 0 unspecified atom stereocenters. The van der Waals surface area contributed by atoms with Crippen molar-refractivity contribution in [2.24, 2.45) is 0 Å². The molecule has 0 aliphatic carbocycles. The van der Waals surface area contributed by atoms with Gasteiger partial charge < -0.3 is 11.1 Å². The van der Waals surface area contributed by atoms with Crippen molar-refractivity contribution in [2.75, 3.05) is 23.3 Å². The lowest BCUT2D eigenvalue weighted by atomic mass is 10.4. The zero-order valence-corrected chi connectivity index (χ0v) is 10.7. The van der Waals surface area contributed by atoms with E-state index in [0.29, 0.717) is 28.4 Å². The Morgan fingerprint density at radius 3 is 2.94 bits per heavy atom. The summed E-state index contributed by atoms with van der Waals surface area (Å²) in [6.07, 6.45) is 2.79. The maximum atomic E-state index is 5.92. The van der Waals surface area contributed by atoms with Crippen molar-refractivity contribution >= 4 is 34.9 Å². The maximum absolute atomic E-state index is 5.92. The highest BCUT2D eigenvalue weighted by Gasteiger charge is 2.09. The van der Waals surface area contributed by atoms with Crippen LogP contribution in [-0.4, -0.2) is 22.3 Å². The minimum atomic E-state index is 0.292. The van der Waals surface area contributed by atoms with Gasteiger partial charge in [0.25, 0.3) is 0 Å². The summed E-state index contributed by atoms with van der Waals surface area (Å²) in [4.78, 5) is 8.40. The molecule has 88 valence electrons. The molecule has 0 spiro atoms. The van der Waals surface area contributed by atoms with Crippen LogP contribution in [0.2, 0.25) is 5.15 Å². The van der Waals surface area contributed by atoms with Gasteiger partial charge in [-0.2, -0.15) is 0 Å². The lowest BCUT2D eigenvalue weighted by Crippen LogP contribution is -2.06. The van der Waals surface area contributed by atoms with Gasteiger partial charge in [0, 0.05) is 12.3 Å². The highest BCUT2D eigenvalue weighted by molar-refractivity contribution is 7.99. The molecule has 0 radical (unpaired) electrons. The molecule has 3 N–H and O–H groups in total. The molecule has 1 rings (SSSR count). The van der Waals surface area contributed by atoms with E-state index >= 15 is 0 Å². The summed E-state index contributed by atoms with van der Waals surface area (Å²) in [5, 5.41) is 3.97. The Morgan fingerprint density at radius 2 is 2.31 bits per heavy atom. The third-order valence-corrected chi connectivity index (χ3v) is 3.07. The normalized spacial score (nSPS) is 10.1. The molecule has 16 heavy (non-hydrogen) atoms. The van der Waals surface area contributed by atoms with Gasteiger partial charge in [-0.25, -0.2) is 9.97 Å². The lowest BCUT2D eigenvalue weighted by molar-refractivity contribution is 0.963. The van der Waals surface area contributed by atoms with Gasteiger partial charge in [0.1, 0.15) is 5.69 Å². The van der Waals surface area contributed by atoms with Gasteiger partial charge in [-0.1, -0.05) is 36.4 Å². The monoisotopic (exact) mass is 258 g/mol. The fraction of sp³-hybridized carbons (Fsp3) is 0.400. The van der Waals surface area contributed by atoms with Gasteiger partial charge in [-0.15, -0.1) is 6.58 Å². The summed E-state index contributed by atoms with van der Waals surface area (Å²) >= 11 is 7.48. The summed E-state index contributed by atoms with van der Waals surface area (Å²) in [7, 11) is 0. The standard InChI is InChI=1S/C10H15ClN4S/c1-3-5-13-9-7(12)8(11)14-10(15-9)16-6-4-2/h3H,1,4-6,12H2,2H3,(H,13,14,15). The number of rotatable bonds is 6. The quantitative estimate of drug-likeness (QED) is 0.356. The smallest absolute Gasteiger partial charge is 0.191 e. The molecule has 0 amide bonds. The van der Waals surface area contributed by atoms with E-state index in [1.165, 1.54) is 0 Å². The van der Waals surface area contributed by atoms with Crippen LogP contribution in [0.4, 0.5) is 11.5 Å². The number of nitrogen functional groups attached to an aromatic ring is 1. The van der Waals surface area contributed by atoms with Crippen molar-refractivity contribution in [3.05, 3.63) is 17.8 Å². The number of hydrogen-bond acceptors (Lipinski definition) is 5. The molecule has 0 saturated heterocycles. The van der Waals surface area contributed by atoms with E-state index in [-0.39, 0.29) is 0 Å². The second kappa shape index (κ2) is 6.60. The summed E-state index contributed by atoms with van der Waals surface area (Å²) in [6.45, 7) is 6.31. The molecule has 1 heterocycles. The first-order valence-electron chi connectivity index (χ1n) is 4.99. The van der Waals surface area contributed by atoms with Crippen molar-refractivity contribution in [2.45, 2.75) is 18.5 Å². The minimum absolute atomic E-state index is 0.292. The van der Waals surface area contributed by atoms with Crippen LogP contribution in [0.3, 0.4) is 0 Å². The topological polar surface area (TPSA) is 63.8 Å². The Balaban J connectivity index is 2.87. The average Bonchev–Trinajstić information content (AvgIpc) is 2.28. The van der Waals surface area contributed by atoms with E-state index in [9.17, 15) is 0 Å². The molecule has 0 aliphatic rings. The van der Waals surface area contributed by atoms with Gasteiger partial charge in [0.2, 0.25) is 0 Å². The maximum Gasteiger partial charge on any atom is 0.191 e. The Morgan fingerprint density at radius 1 is 1.56 bits per heavy atom. The number of anilines is 2. The van der Waals surface area contributed by atoms with Crippen molar-refractivity contribution in [1.82, 2.24) is 9.97 Å². The zero-order chi connectivity index (χ0) is 12.0. The number of aromatic nitrogens is 2. The first-order valence-corrected chi connectivity index (χ1v) is 6.36. The average molecular weight is 259 g/mol. The third kappa shape index (κ3) is 3.57. The molecular formula is C10H15ClN4S. The van der Waals surface area contributed by atoms with Crippen LogP contribution < -0.4 is 11.1 Å². The predicted molar refractivity (Wildman–Crippen MR) is 71.2 cm³/mol. The molecule has 0 fully saturated rings. The Bertz CT molecular complexity index is 370. The van der Waals surface area contributed by atoms with E-state index in [0.717, 1.165) is 12.2 Å². The van der Waals surface area contributed by atoms with Gasteiger partial charge >= 0.3 is 0 Å². The molecule has 1 aromatic rings. The highest BCUT2D eigenvalue weighted by Crippen LogP contribution is 2.27. The first kappa shape index (κ1) is 13.1. The van der Waals surface area contributed by atoms with Crippen molar-refractivity contribution < 1.29 is 0 Å². The fourth-order valence-corrected chi connectivity index (χ4v) is 1.90. The molecule has 0 aliphatic heterocycles. The van der Waals surface area contributed by atoms with E-state index < -0.39 is 0 Å². The van der Waals surface area contributed by atoms with Crippen LogP contribution in [0.1, 0.15) is 13.3 Å². The lowest BCUT2D eigenvalue weighted by Gasteiger charge is -2.09. The molecule has 0 saturated carbocycles. The van der Waals surface area contributed by atoms with Crippen molar-refractivity contribution in [3.8, 4) is 0 Å². The fourth-order valence-electron chi connectivity index (χ4n) is 0.984. The third-order valence-electron chi connectivity index (χ3n) is 1.73. The van der Waals surface area contributed by atoms with E-state index in [2.05, 4.69) is 28.8 Å². The summed E-state index contributed by atoms with van der Waals surface area (Å²) in [6, 6.07) is 0. The number of thioether (sulfide) groups is 1. The van der Waals surface area contributed by atoms with E-state index in [1.807, 2.05) is 0 Å². The number of halogens is 1. The molecular weight excluding hydrogens is 244 g/mol. The molecule has 1 aromatic heterocycles. The van der Waals surface area contributed by atoms with E-state index in [1.54, 1.807) is 17.8 Å². The van der Waals surface area contributed by atoms with Crippen LogP contribution in [0.5, 0.6) is 0 Å². The van der Waals surface area contributed by atoms with Crippen LogP contribution in [0.15, 0.2) is 17.8 Å². The molecule has 0 aromatic carbocycles. The number of nitrogens with two attached hydrogens (primary N) is 1. The summed E-state index contributed by atoms with van der Waals surface area (Å²) in [5.41, 5.74) is 6.14. The van der Waals surface area contributed by atoms with E-state index in [4.69, 9.17) is 17.3 Å². The van der Waals surface area contributed by atoms with Crippen LogP contribution in [0, 0.1) is 0 Å². The summed E-state index contributed by atoms with van der Waals surface area (Å²) < 4.78 is 0. The molecule has 0 atom stereocenters. The molecule has 4 nitrogen and oxygen atoms in total. The molecule has 6 heteroatoms. The van der Waals surface area contributed by atoms with Crippen LogP contribution in [-0.2, 0) is 0 Å². The largest absolute Gasteiger partial charge is 0.393 e. The minimum Gasteiger partial charge on any atom is -0.393 e. The van der Waals surface area contributed by atoms with Gasteiger partial charge in [-0.3, -0.25) is 0 Å². The van der Waals surface area contributed by atoms with Gasteiger partial charge in [-0.05, 0) is 6.42 Å². The Kier molecular flexibility index (Phi) is 5.42. The Hall–Kier alpha value is -0.940. The van der Waals surface area contributed by atoms with Crippen LogP contribution >= 0.6 is 23.4 Å². The second-order valence-corrected chi connectivity index (χ2v) is 4.50. The first-order chi connectivity index (χ1) is 7.69. The van der Waals surface area contributed by atoms with Crippen LogP contribution in [0.25, 0.3) is 0 Å². The van der Waals surface area contributed by atoms with Gasteiger partial charge in [0.05, 0.1) is 0 Å². The number of nitrogens with one attached hydrogen (secondary N) is 1. The van der Waals surface area contributed by atoms with Crippen molar-refractivity contribution in [3.63, 3.8) is 0 Å². The SMILES string of the molecule is C=CCNc1nc(SCCC)nc(Cl)c1N.